The summed E-state index contributed by atoms with van der Waals surface area (Å²) in [6, 6.07) is 4.29. The maximum Gasteiger partial charge on any atom is 0.124 e. The van der Waals surface area contributed by atoms with Crippen LogP contribution in [0.4, 0.5) is 0 Å². The number of rotatable bonds is 2. The lowest BCUT2D eigenvalue weighted by atomic mass is 10.00. The monoisotopic (exact) mass is 249 g/mol. The van der Waals surface area contributed by atoms with E-state index in [-0.39, 0.29) is 18.2 Å². The van der Waals surface area contributed by atoms with E-state index >= 15 is 0 Å². The smallest absolute Gasteiger partial charge is 0.124 e. The minimum absolute atomic E-state index is 0.153. The predicted octanol–water partition coefficient (Wildman–Crippen LogP) is 1.41. The first-order valence-electron chi connectivity index (χ1n) is 6.46. The Morgan fingerprint density at radius 1 is 1.44 bits per heavy atom. The Labute approximate surface area is 107 Å². The van der Waals surface area contributed by atoms with Gasteiger partial charge >= 0.3 is 0 Å². The third kappa shape index (κ3) is 1.95. The van der Waals surface area contributed by atoms with Gasteiger partial charge in [0.25, 0.3) is 0 Å². The van der Waals surface area contributed by atoms with Gasteiger partial charge < -0.3 is 19.9 Å². The van der Waals surface area contributed by atoms with Crippen LogP contribution in [0, 0.1) is 0 Å². The normalized spacial score (nSPS) is 30.1. The van der Waals surface area contributed by atoms with Gasteiger partial charge in [-0.15, -0.1) is 0 Å². The van der Waals surface area contributed by atoms with Crippen LogP contribution in [0.2, 0.25) is 0 Å². The Morgan fingerprint density at radius 3 is 2.94 bits per heavy atom. The lowest BCUT2D eigenvalue weighted by Crippen LogP contribution is -2.15. The number of hydrogen-bond donors (Lipinski definition) is 2. The topological polar surface area (TPSA) is 50.7 Å². The first kappa shape index (κ1) is 11.8. The van der Waals surface area contributed by atoms with Crippen molar-refractivity contribution in [1.82, 2.24) is 5.32 Å². The highest BCUT2D eigenvalue weighted by molar-refractivity contribution is 5.50. The molecular weight excluding hydrogens is 230 g/mol. The number of nitrogens with one attached hydrogen (secondary N) is 1. The molecule has 3 unspecified atom stereocenters. The van der Waals surface area contributed by atoms with Crippen molar-refractivity contribution in [3.05, 3.63) is 23.3 Å². The Bertz CT molecular complexity index is 461. The van der Waals surface area contributed by atoms with Crippen molar-refractivity contribution >= 4 is 0 Å². The van der Waals surface area contributed by atoms with E-state index in [0.29, 0.717) is 6.54 Å². The Kier molecular flexibility index (Phi) is 2.92. The predicted molar refractivity (Wildman–Crippen MR) is 68.2 cm³/mol. The van der Waals surface area contributed by atoms with Crippen LogP contribution >= 0.6 is 0 Å². The standard InChI is InChI=1S/C14H19NO3/c1-8-3-9-4-14(17-2)11(6-13(9)18-8)12-5-10(16)7-15-12/h4,6,8,10,12,15-16H,3,5,7H2,1-2H3. The number of methoxy groups -OCH3 is 1. The first-order valence-corrected chi connectivity index (χ1v) is 6.46. The summed E-state index contributed by atoms with van der Waals surface area (Å²) in [5, 5.41) is 12.9. The second-order valence-corrected chi connectivity index (χ2v) is 5.18. The summed E-state index contributed by atoms with van der Waals surface area (Å²) in [4.78, 5) is 0. The van der Waals surface area contributed by atoms with Gasteiger partial charge in [0.05, 0.1) is 13.2 Å². The van der Waals surface area contributed by atoms with E-state index in [0.717, 1.165) is 29.9 Å². The zero-order valence-electron chi connectivity index (χ0n) is 10.8. The van der Waals surface area contributed by atoms with Crippen LogP contribution < -0.4 is 14.8 Å². The van der Waals surface area contributed by atoms with Gasteiger partial charge in [-0.1, -0.05) is 0 Å². The number of aliphatic hydroxyl groups excluding tert-OH is 1. The fourth-order valence-corrected chi connectivity index (χ4v) is 2.86. The molecule has 0 saturated carbocycles. The quantitative estimate of drug-likeness (QED) is 0.832. The lowest BCUT2D eigenvalue weighted by molar-refractivity contribution is 0.193. The molecule has 1 saturated heterocycles. The summed E-state index contributed by atoms with van der Waals surface area (Å²) in [6.45, 7) is 2.71. The summed E-state index contributed by atoms with van der Waals surface area (Å²) in [6.07, 6.45) is 1.63. The molecule has 3 atom stereocenters. The molecule has 1 aromatic rings. The van der Waals surface area contributed by atoms with Crippen molar-refractivity contribution in [3.8, 4) is 11.5 Å². The van der Waals surface area contributed by atoms with E-state index in [9.17, 15) is 5.11 Å². The molecule has 4 heteroatoms. The van der Waals surface area contributed by atoms with Crippen molar-refractivity contribution in [2.45, 2.75) is 38.0 Å². The molecule has 2 aliphatic rings. The van der Waals surface area contributed by atoms with Crippen molar-refractivity contribution in [3.63, 3.8) is 0 Å². The van der Waals surface area contributed by atoms with E-state index < -0.39 is 0 Å². The molecule has 0 spiro atoms. The van der Waals surface area contributed by atoms with Crippen LogP contribution in [0.1, 0.15) is 30.5 Å². The van der Waals surface area contributed by atoms with E-state index in [1.165, 1.54) is 5.56 Å². The van der Waals surface area contributed by atoms with Crippen molar-refractivity contribution in [2.24, 2.45) is 0 Å². The first-order chi connectivity index (χ1) is 8.67. The molecule has 0 aliphatic carbocycles. The Balaban J connectivity index is 1.96. The highest BCUT2D eigenvalue weighted by Gasteiger charge is 2.29. The fraction of sp³-hybridized carbons (Fsp3) is 0.571. The summed E-state index contributed by atoms with van der Waals surface area (Å²) < 4.78 is 11.3. The maximum atomic E-state index is 9.63. The average molecular weight is 249 g/mol. The Morgan fingerprint density at radius 2 is 2.28 bits per heavy atom. The number of hydrogen-bond acceptors (Lipinski definition) is 4. The molecule has 4 nitrogen and oxygen atoms in total. The number of ether oxygens (including phenoxy) is 2. The Hall–Kier alpha value is -1.26. The van der Waals surface area contributed by atoms with Crippen LogP contribution in [-0.2, 0) is 6.42 Å². The summed E-state index contributed by atoms with van der Waals surface area (Å²) >= 11 is 0. The van der Waals surface area contributed by atoms with Gasteiger partial charge in [-0.3, -0.25) is 0 Å². The van der Waals surface area contributed by atoms with E-state index in [4.69, 9.17) is 9.47 Å². The molecule has 1 fully saturated rings. The highest BCUT2D eigenvalue weighted by Crippen LogP contribution is 2.39. The maximum absolute atomic E-state index is 9.63. The molecule has 0 amide bonds. The van der Waals surface area contributed by atoms with Crippen molar-refractivity contribution in [2.75, 3.05) is 13.7 Å². The molecule has 3 rings (SSSR count). The van der Waals surface area contributed by atoms with E-state index in [1.807, 2.05) is 0 Å². The second kappa shape index (κ2) is 4.44. The highest BCUT2D eigenvalue weighted by atomic mass is 16.5. The number of fused-ring (bicyclic) bond motifs is 1. The molecule has 0 bridgehead atoms. The SMILES string of the molecule is COc1cc2c(cc1C1CC(O)CN1)OC(C)C2. The van der Waals surface area contributed by atoms with Gasteiger partial charge in [-0.05, 0) is 25.5 Å². The van der Waals surface area contributed by atoms with Gasteiger partial charge in [0, 0.05) is 30.1 Å². The average Bonchev–Trinajstić information content (AvgIpc) is 2.91. The minimum Gasteiger partial charge on any atom is -0.496 e. The van der Waals surface area contributed by atoms with Gasteiger partial charge in [-0.2, -0.15) is 0 Å². The summed E-state index contributed by atoms with van der Waals surface area (Å²) in [5.41, 5.74) is 2.29. The van der Waals surface area contributed by atoms with Gasteiger partial charge in [0.15, 0.2) is 0 Å². The van der Waals surface area contributed by atoms with Crippen LogP contribution in [0.25, 0.3) is 0 Å². The van der Waals surface area contributed by atoms with Gasteiger partial charge in [0.1, 0.15) is 17.6 Å². The van der Waals surface area contributed by atoms with Gasteiger partial charge in [-0.25, -0.2) is 0 Å². The van der Waals surface area contributed by atoms with Crippen LogP contribution in [-0.4, -0.2) is 31.0 Å². The molecule has 0 radical (unpaired) electrons. The van der Waals surface area contributed by atoms with Gasteiger partial charge in [0.2, 0.25) is 0 Å². The molecule has 2 heterocycles. The third-order valence-electron chi connectivity index (χ3n) is 3.73. The molecule has 98 valence electrons. The largest absolute Gasteiger partial charge is 0.496 e. The minimum atomic E-state index is -0.271. The van der Waals surface area contributed by atoms with Crippen LogP contribution in [0.5, 0.6) is 11.5 Å². The number of benzene rings is 1. The third-order valence-corrected chi connectivity index (χ3v) is 3.73. The zero-order chi connectivity index (χ0) is 12.7. The van der Waals surface area contributed by atoms with Crippen molar-refractivity contribution < 1.29 is 14.6 Å². The number of β-amino-alcohol motifs (C(OH)–C–C–N with tert-alkyl or cyclic N) is 1. The summed E-state index contributed by atoms with van der Waals surface area (Å²) in [7, 11) is 1.69. The van der Waals surface area contributed by atoms with Crippen LogP contribution in [0.15, 0.2) is 12.1 Å². The lowest BCUT2D eigenvalue weighted by Gasteiger charge is -2.16. The van der Waals surface area contributed by atoms with E-state index in [1.54, 1.807) is 7.11 Å². The molecule has 1 aromatic carbocycles. The van der Waals surface area contributed by atoms with Crippen LogP contribution in [0.3, 0.4) is 0 Å². The molecular formula is C14H19NO3. The second-order valence-electron chi connectivity index (χ2n) is 5.18. The zero-order valence-corrected chi connectivity index (χ0v) is 10.8. The summed E-state index contributed by atoms with van der Waals surface area (Å²) in [5.74, 6) is 1.85. The van der Waals surface area contributed by atoms with E-state index in [2.05, 4.69) is 24.4 Å². The molecule has 2 N–H and O–H groups in total. The molecule has 2 aliphatic heterocycles. The number of aliphatic hydroxyl groups is 1. The molecule has 0 aromatic heterocycles. The van der Waals surface area contributed by atoms with Crippen molar-refractivity contribution in [1.29, 1.82) is 0 Å². The fourth-order valence-electron chi connectivity index (χ4n) is 2.86. The molecule has 18 heavy (non-hydrogen) atoms.